The molecule has 3 aliphatic heterocycles. The summed E-state index contributed by atoms with van der Waals surface area (Å²) >= 11 is 1.23. The van der Waals surface area contributed by atoms with Crippen LogP contribution in [-0.4, -0.2) is 82.5 Å². The lowest BCUT2D eigenvalue weighted by molar-refractivity contribution is -0.177. The molecule has 15 heteroatoms. The molecular weight excluding hydrogens is 941 g/mol. The van der Waals surface area contributed by atoms with E-state index in [1.165, 1.54) is 30.6 Å². The highest BCUT2D eigenvalue weighted by Gasteiger charge is 2.75. The molecule has 0 aliphatic carbocycles. The Balaban J connectivity index is 1.23. The first-order valence-corrected chi connectivity index (χ1v) is 24.8. The molecule has 73 heavy (non-hydrogen) atoms. The fourth-order valence-corrected chi connectivity index (χ4v) is 11.7. The zero-order valence-electron chi connectivity index (χ0n) is 40.5. The number of nitrogens with zero attached hydrogens (tertiary/aromatic N) is 4. The second-order valence-electron chi connectivity index (χ2n) is 18.9. The average Bonchev–Trinajstić information content (AvgIpc) is 4.04. The molecule has 6 aromatic carbocycles. The maximum atomic E-state index is 16.7. The number of imide groups is 1. The highest BCUT2D eigenvalue weighted by molar-refractivity contribution is 7.22. The quantitative estimate of drug-likeness (QED) is 0.0837. The Morgan fingerprint density at radius 3 is 2.16 bits per heavy atom. The van der Waals surface area contributed by atoms with E-state index in [1.807, 2.05) is 127 Å². The predicted octanol–water partition coefficient (Wildman–Crippen LogP) is 8.70. The van der Waals surface area contributed by atoms with E-state index >= 15 is 19.2 Å². The molecule has 0 saturated carbocycles. The van der Waals surface area contributed by atoms with E-state index in [0.29, 0.717) is 35.3 Å². The van der Waals surface area contributed by atoms with Crippen LogP contribution in [0.5, 0.6) is 5.75 Å². The molecule has 3 aliphatic rings. The molecule has 1 spiro atoms. The van der Waals surface area contributed by atoms with Gasteiger partial charge in [0.2, 0.25) is 11.8 Å². The number of ether oxygens (including phenoxy) is 2. The molecule has 0 radical (unpaired) electrons. The molecule has 7 unspecified atom stereocenters. The third-order valence-electron chi connectivity index (χ3n) is 14.0. The van der Waals surface area contributed by atoms with Crippen molar-refractivity contribution in [1.82, 2.24) is 20.1 Å². The lowest BCUT2D eigenvalue weighted by atomic mass is 9.65. The minimum atomic E-state index is -2.13. The molecule has 4 heterocycles. The third kappa shape index (κ3) is 8.88. The molecule has 1 aromatic heterocycles. The molecule has 368 valence electrons. The number of benzene rings is 6. The summed E-state index contributed by atoms with van der Waals surface area (Å²) in [6.07, 6.45) is -0.956. The smallest absolute Gasteiger partial charge is 0.329 e. The number of thiazole rings is 1. The van der Waals surface area contributed by atoms with Crippen LogP contribution in [0.1, 0.15) is 65.4 Å². The number of hydrogen-bond donors (Lipinski definition) is 3. The van der Waals surface area contributed by atoms with Crippen molar-refractivity contribution in [3.63, 3.8) is 0 Å². The third-order valence-corrected chi connectivity index (χ3v) is 14.9. The number of amides is 4. The van der Waals surface area contributed by atoms with Crippen molar-refractivity contribution in [2.75, 3.05) is 30.9 Å². The number of esters is 2. The summed E-state index contributed by atoms with van der Waals surface area (Å²) in [5, 5.41) is 16.9. The van der Waals surface area contributed by atoms with Gasteiger partial charge in [-0.05, 0) is 83.2 Å². The van der Waals surface area contributed by atoms with Crippen LogP contribution >= 0.6 is 11.3 Å². The highest BCUT2D eigenvalue weighted by atomic mass is 32.1. The van der Waals surface area contributed by atoms with Crippen LogP contribution in [0.2, 0.25) is 0 Å². The molecular formula is C58H52N6O8S. The highest BCUT2D eigenvalue weighted by Crippen LogP contribution is 2.66. The summed E-state index contributed by atoms with van der Waals surface area (Å²) in [5.41, 5.74) is 2.29. The van der Waals surface area contributed by atoms with E-state index in [9.17, 15) is 9.90 Å². The molecule has 3 N–H and O–H groups in total. The van der Waals surface area contributed by atoms with Crippen LogP contribution < -0.4 is 15.5 Å². The number of aromatic hydroxyl groups is 1. The minimum absolute atomic E-state index is 0.0613. The number of carbonyl (C=O) groups is 5. The minimum Gasteiger partial charge on any atom is -0.508 e. The van der Waals surface area contributed by atoms with Gasteiger partial charge in [-0.3, -0.25) is 24.2 Å². The molecule has 7 atom stereocenters. The Kier molecular flexibility index (Phi) is 13.4. The molecule has 2 saturated heterocycles. The topological polar surface area (TPSA) is 171 Å². The lowest BCUT2D eigenvalue weighted by Crippen LogP contribution is -2.57. The monoisotopic (exact) mass is 992 g/mol. The molecule has 0 bridgehead atoms. The Hall–Kier alpha value is -8.16. The van der Waals surface area contributed by atoms with Crippen molar-refractivity contribution in [3.05, 3.63) is 191 Å². The largest absolute Gasteiger partial charge is 0.508 e. The van der Waals surface area contributed by atoms with E-state index in [2.05, 4.69) is 27.4 Å². The number of rotatable bonds is 11. The molecule has 2 fully saturated rings. The first-order chi connectivity index (χ1) is 35.4. The number of nitrogens with one attached hydrogen (secondary N) is 2. The van der Waals surface area contributed by atoms with Crippen LogP contribution in [0.4, 0.5) is 15.6 Å². The number of fused-ring (bicyclic) bond motifs is 4. The first-order valence-electron chi connectivity index (χ1n) is 24.0. The zero-order valence-corrected chi connectivity index (χ0v) is 41.3. The van der Waals surface area contributed by atoms with Crippen LogP contribution in [0.25, 0.3) is 10.2 Å². The average molecular weight is 993 g/mol. The number of cyclic esters (lactones) is 1. The summed E-state index contributed by atoms with van der Waals surface area (Å²) in [6, 6.07) is 41.9. The van der Waals surface area contributed by atoms with Crippen LogP contribution in [0.3, 0.4) is 0 Å². The molecule has 7 aromatic rings. The van der Waals surface area contributed by atoms with Gasteiger partial charge in [-0.15, -0.1) is 0 Å². The van der Waals surface area contributed by atoms with Crippen molar-refractivity contribution >= 4 is 62.2 Å². The van der Waals surface area contributed by atoms with Gasteiger partial charge in [0.25, 0.3) is 0 Å². The number of morpholine rings is 1. The Morgan fingerprint density at radius 2 is 1.49 bits per heavy atom. The number of aromatic nitrogens is 1. The van der Waals surface area contributed by atoms with Gasteiger partial charge < -0.3 is 25.2 Å². The van der Waals surface area contributed by atoms with Gasteiger partial charge in [0, 0.05) is 12.1 Å². The van der Waals surface area contributed by atoms with Crippen LogP contribution in [0.15, 0.2) is 158 Å². The fourth-order valence-electron chi connectivity index (χ4n) is 10.8. The van der Waals surface area contributed by atoms with E-state index in [4.69, 9.17) is 14.5 Å². The summed E-state index contributed by atoms with van der Waals surface area (Å²) in [7, 11) is 3.18. The Bertz CT molecular complexity index is 3250. The predicted molar refractivity (Wildman–Crippen MR) is 277 cm³/mol. The number of carbonyl (C=O) groups excluding carboxylic acids is 5. The normalized spacial score (nSPS) is 21.6. The fraction of sp³-hybridized carbons (Fsp3) is 0.241. The Labute approximate surface area is 426 Å². The van der Waals surface area contributed by atoms with Crippen LogP contribution in [-0.2, 0) is 40.6 Å². The number of urea groups is 1. The molecule has 4 amide bonds. The lowest BCUT2D eigenvalue weighted by Gasteiger charge is -2.46. The van der Waals surface area contributed by atoms with Crippen molar-refractivity contribution < 1.29 is 38.6 Å². The number of phenolic OH excluding ortho intramolecular Hbond substituents is 1. The summed E-state index contributed by atoms with van der Waals surface area (Å²) in [4.78, 5) is 86.3. The maximum absolute atomic E-state index is 16.7. The van der Waals surface area contributed by atoms with Gasteiger partial charge in [0.05, 0.1) is 47.6 Å². The zero-order chi connectivity index (χ0) is 51.0. The molecule has 14 nitrogen and oxygen atoms in total. The first kappa shape index (κ1) is 48.5. The van der Waals surface area contributed by atoms with E-state index in [-0.39, 0.29) is 22.1 Å². The van der Waals surface area contributed by atoms with Gasteiger partial charge in [-0.2, -0.15) is 0 Å². The van der Waals surface area contributed by atoms with Crippen LogP contribution in [0, 0.1) is 23.7 Å². The summed E-state index contributed by atoms with van der Waals surface area (Å²) in [6.45, 7) is 4.49. The number of para-hydroxylation sites is 1. The van der Waals surface area contributed by atoms with E-state index in [0.717, 1.165) is 20.7 Å². The van der Waals surface area contributed by atoms with Crippen molar-refractivity contribution in [2.24, 2.45) is 11.8 Å². The number of phenols is 1. The Morgan fingerprint density at radius 1 is 0.836 bits per heavy atom. The SMILES string of the molecule is COC(=O)C(NC(=O)N1C(=O)C2(c3cc(C#CCN(C)Cc4ccccc4)ccc31)C(C(=O)Nc1nc3ccccc3s1)C1C(=O)OC(c3ccccc3)C(c3ccccc3)N1C2c1ccc(O)cc1)C(C)C. The second-order valence-corrected chi connectivity index (χ2v) is 19.9. The van der Waals surface area contributed by atoms with Gasteiger partial charge in [-0.1, -0.05) is 152 Å². The standard InChI is InChI=1S/C58H52N6O8S/c1-35(2)47(53(67)71-4)60-57(70)63-44-31-26-36(19-16-32-62(3)34-37-17-8-5-9-18-37)33-42(44)58(55(63)69)46(52(66)61-56-59-43-24-14-15-25-45(43)73-56)49-54(68)72-50(39-22-12-7-13-23-39)48(38-20-10-6-11-21-38)64(49)51(58)40-27-29-41(65)30-28-40/h5-15,17-18,20-31,33,35,46-51,65H,32,34H2,1-4H3,(H,60,70)(H,59,61,66). The van der Waals surface area contributed by atoms with Crippen molar-refractivity contribution in [2.45, 2.75) is 56.1 Å². The van der Waals surface area contributed by atoms with Crippen molar-refractivity contribution in [3.8, 4) is 17.6 Å². The van der Waals surface area contributed by atoms with E-state index in [1.54, 1.807) is 44.2 Å². The number of hydrogen-bond acceptors (Lipinski definition) is 12. The number of anilines is 2. The second kappa shape index (κ2) is 20.2. The van der Waals surface area contributed by atoms with Gasteiger partial charge in [-0.25, -0.2) is 19.5 Å². The van der Waals surface area contributed by atoms with Crippen molar-refractivity contribution in [1.29, 1.82) is 0 Å². The van der Waals surface area contributed by atoms with Gasteiger partial charge in [0.1, 0.15) is 29.4 Å². The number of methoxy groups -OCH3 is 1. The summed E-state index contributed by atoms with van der Waals surface area (Å²) in [5.74, 6) is 1.36. The van der Waals surface area contributed by atoms with E-state index < -0.39 is 77.3 Å². The maximum Gasteiger partial charge on any atom is 0.329 e. The van der Waals surface area contributed by atoms with Gasteiger partial charge >= 0.3 is 18.0 Å². The van der Waals surface area contributed by atoms with Gasteiger partial charge in [0.15, 0.2) is 5.13 Å². The summed E-state index contributed by atoms with van der Waals surface area (Å²) < 4.78 is 12.5. The molecule has 10 rings (SSSR count).